The summed E-state index contributed by atoms with van der Waals surface area (Å²) in [5, 5.41) is 4.12. The second-order valence-electron chi connectivity index (χ2n) is 6.98. The summed E-state index contributed by atoms with van der Waals surface area (Å²) in [4.78, 5) is 18.3. The highest BCUT2D eigenvalue weighted by Gasteiger charge is 2.17. The maximum atomic E-state index is 12.6. The summed E-state index contributed by atoms with van der Waals surface area (Å²) in [7, 11) is 1.83. The Morgan fingerprint density at radius 1 is 1.18 bits per heavy atom. The lowest BCUT2D eigenvalue weighted by molar-refractivity contribution is -0.132. The fraction of sp³-hybridized carbons (Fsp3) is 0.318. The topological polar surface area (TPSA) is 60.2 Å². The van der Waals surface area contributed by atoms with Crippen LogP contribution in [0.15, 0.2) is 55.1 Å². The maximum Gasteiger partial charge on any atom is 0.226 e. The molecule has 0 aliphatic rings. The summed E-state index contributed by atoms with van der Waals surface area (Å²) >= 11 is 0. The van der Waals surface area contributed by atoms with Crippen molar-refractivity contribution in [2.24, 2.45) is 0 Å². The molecule has 0 bridgehead atoms. The normalized spacial score (nSPS) is 11.9. The number of nitrogens with zero attached hydrogens (tertiary/aromatic N) is 4. The highest BCUT2D eigenvalue weighted by Crippen LogP contribution is 2.22. The molecular weight excluding hydrogens is 352 g/mol. The van der Waals surface area contributed by atoms with Crippen molar-refractivity contribution in [3.8, 4) is 11.4 Å². The van der Waals surface area contributed by atoms with Crippen LogP contribution in [0.5, 0.6) is 5.75 Å². The smallest absolute Gasteiger partial charge is 0.226 e. The minimum absolute atomic E-state index is 0.0296. The van der Waals surface area contributed by atoms with Gasteiger partial charge >= 0.3 is 0 Å². The molecule has 28 heavy (non-hydrogen) atoms. The van der Waals surface area contributed by atoms with E-state index < -0.39 is 0 Å². The summed E-state index contributed by atoms with van der Waals surface area (Å²) in [6.07, 6.45) is 3.50. The molecule has 3 rings (SSSR count). The Morgan fingerprint density at radius 3 is 2.61 bits per heavy atom. The zero-order chi connectivity index (χ0) is 20.1. The molecule has 0 saturated carbocycles. The monoisotopic (exact) mass is 378 g/mol. The number of aromatic nitrogens is 3. The van der Waals surface area contributed by atoms with Gasteiger partial charge in [0.05, 0.1) is 24.8 Å². The van der Waals surface area contributed by atoms with E-state index in [9.17, 15) is 4.79 Å². The number of rotatable bonds is 7. The van der Waals surface area contributed by atoms with Crippen LogP contribution >= 0.6 is 0 Å². The SMILES string of the molecule is Cc1ccc(C)c(OCCC(=O)N(C)[C@@H](C)c2ccc(-n3cncn3)cc2)c1. The van der Waals surface area contributed by atoms with Crippen LogP contribution in [-0.4, -0.2) is 39.2 Å². The van der Waals surface area contributed by atoms with Crippen LogP contribution in [0.25, 0.3) is 5.69 Å². The van der Waals surface area contributed by atoms with E-state index in [1.807, 2.05) is 64.2 Å². The van der Waals surface area contributed by atoms with Gasteiger partial charge in [-0.1, -0.05) is 24.3 Å². The standard InChI is InChI=1S/C22H26N4O2/c1-16-5-6-17(2)21(13-16)28-12-11-22(27)25(4)18(3)19-7-9-20(10-8-19)26-15-23-14-24-26/h5-10,13-15,18H,11-12H2,1-4H3/t18-/m0/s1. The highest BCUT2D eigenvalue weighted by atomic mass is 16.5. The van der Waals surface area contributed by atoms with E-state index in [0.29, 0.717) is 13.0 Å². The van der Waals surface area contributed by atoms with E-state index >= 15 is 0 Å². The molecule has 0 unspecified atom stereocenters. The molecule has 2 aromatic carbocycles. The molecule has 6 nitrogen and oxygen atoms in total. The zero-order valence-electron chi connectivity index (χ0n) is 16.8. The van der Waals surface area contributed by atoms with E-state index in [4.69, 9.17) is 4.74 Å². The second-order valence-corrected chi connectivity index (χ2v) is 6.98. The first-order chi connectivity index (χ1) is 13.5. The molecule has 1 amide bonds. The fourth-order valence-corrected chi connectivity index (χ4v) is 2.97. The quantitative estimate of drug-likeness (QED) is 0.626. The predicted molar refractivity (Wildman–Crippen MR) is 109 cm³/mol. The Morgan fingerprint density at radius 2 is 1.93 bits per heavy atom. The Hall–Kier alpha value is -3.15. The zero-order valence-corrected chi connectivity index (χ0v) is 16.8. The molecule has 0 aliphatic heterocycles. The van der Waals surface area contributed by atoms with E-state index in [1.165, 1.54) is 6.33 Å². The number of aryl methyl sites for hydroxylation is 2. The first-order valence-electron chi connectivity index (χ1n) is 9.36. The van der Waals surface area contributed by atoms with Gasteiger partial charge in [0.15, 0.2) is 0 Å². The van der Waals surface area contributed by atoms with Crippen LogP contribution in [0.1, 0.15) is 36.1 Å². The lowest BCUT2D eigenvalue weighted by atomic mass is 10.1. The van der Waals surface area contributed by atoms with Gasteiger partial charge in [0.25, 0.3) is 0 Å². The van der Waals surface area contributed by atoms with Gasteiger partial charge in [-0.2, -0.15) is 5.10 Å². The van der Waals surface area contributed by atoms with Gasteiger partial charge in [0, 0.05) is 7.05 Å². The van der Waals surface area contributed by atoms with E-state index in [2.05, 4.69) is 16.1 Å². The van der Waals surface area contributed by atoms with E-state index in [-0.39, 0.29) is 11.9 Å². The van der Waals surface area contributed by atoms with Crippen molar-refractivity contribution < 1.29 is 9.53 Å². The molecule has 1 atom stereocenters. The average molecular weight is 378 g/mol. The lowest BCUT2D eigenvalue weighted by Crippen LogP contribution is -2.30. The molecule has 1 heterocycles. The van der Waals surface area contributed by atoms with E-state index in [1.54, 1.807) is 15.9 Å². The third-order valence-electron chi connectivity index (χ3n) is 4.95. The van der Waals surface area contributed by atoms with Gasteiger partial charge in [0.1, 0.15) is 18.4 Å². The summed E-state index contributed by atoms with van der Waals surface area (Å²) in [6.45, 7) is 6.42. The van der Waals surface area contributed by atoms with Crippen molar-refractivity contribution in [3.05, 3.63) is 71.8 Å². The Kier molecular flexibility index (Phi) is 6.09. The van der Waals surface area contributed by atoms with Crippen molar-refractivity contribution in [1.82, 2.24) is 19.7 Å². The number of amides is 1. The minimum Gasteiger partial charge on any atom is -0.493 e. The molecule has 1 aromatic heterocycles. The molecular formula is C22H26N4O2. The largest absolute Gasteiger partial charge is 0.493 e. The molecule has 0 radical (unpaired) electrons. The molecule has 0 saturated heterocycles. The number of carbonyl (C=O) groups excluding carboxylic acids is 1. The van der Waals surface area contributed by atoms with Crippen molar-refractivity contribution in [3.63, 3.8) is 0 Å². The predicted octanol–water partition coefficient (Wildman–Crippen LogP) is 3.87. The second kappa shape index (κ2) is 8.69. The number of ether oxygens (including phenoxy) is 1. The third-order valence-corrected chi connectivity index (χ3v) is 4.95. The molecule has 0 fully saturated rings. The Balaban J connectivity index is 1.55. The first kappa shape index (κ1) is 19.6. The van der Waals surface area contributed by atoms with Crippen molar-refractivity contribution in [2.45, 2.75) is 33.2 Å². The summed E-state index contributed by atoms with van der Waals surface area (Å²) in [5.41, 5.74) is 4.22. The van der Waals surface area contributed by atoms with Crippen LogP contribution < -0.4 is 4.74 Å². The molecule has 0 spiro atoms. The summed E-state index contributed by atoms with van der Waals surface area (Å²) in [6, 6.07) is 14.0. The van der Waals surface area contributed by atoms with Crippen LogP contribution in [-0.2, 0) is 4.79 Å². The number of hydrogen-bond acceptors (Lipinski definition) is 4. The summed E-state index contributed by atoms with van der Waals surface area (Å²) in [5.74, 6) is 0.894. The third kappa shape index (κ3) is 4.57. The van der Waals surface area contributed by atoms with Crippen molar-refractivity contribution in [1.29, 1.82) is 0 Å². The maximum absolute atomic E-state index is 12.6. The number of hydrogen-bond donors (Lipinski definition) is 0. The van der Waals surface area contributed by atoms with Crippen molar-refractivity contribution in [2.75, 3.05) is 13.7 Å². The number of carbonyl (C=O) groups is 1. The van der Waals surface area contributed by atoms with Gasteiger partial charge < -0.3 is 9.64 Å². The van der Waals surface area contributed by atoms with Crippen molar-refractivity contribution >= 4 is 5.91 Å². The minimum atomic E-state index is -0.0296. The first-order valence-corrected chi connectivity index (χ1v) is 9.36. The Labute approximate surface area is 165 Å². The number of benzene rings is 2. The molecule has 6 heteroatoms. The van der Waals surface area contributed by atoms with Gasteiger partial charge in [0.2, 0.25) is 5.91 Å². The fourth-order valence-electron chi connectivity index (χ4n) is 2.97. The molecule has 3 aromatic rings. The molecule has 146 valence electrons. The molecule has 0 aliphatic carbocycles. The van der Waals surface area contributed by atoms with Crippen LogP contribution in [0.2, 0.25) is 0 Å². The lowest BCUT2D eigenvalue weighted by Gasteiger charge is -2.25. The van der Waals surface area contributed by atoms with Gasteiger partial charge in [-0.15, -0.1) is 0 Å². The van der Waals surface area contributed by atoms with Gasteiger partial charge in [-0.3, -0.25) is 4.79 Å². The summed E-state index contributed by atoms with van der Waals surface area (Å²) < 4.78 is 7.52. The van der Waals surface area contributed by atoms with E-state index in [0.717, 1.165) is 28.1 Å². The average Bonchev–Trinajstić information content (AvgIpc) is 3.24. The van der Waals surface area contributed by atoms with Gasteiger partial charge in [-0.25, -0.2) is 9.67 Å². The van der Waals surface area contributed by atoms with Crippen LogP contribution in [0, 0.1) is 13.8 Å². The Bertz CT molecular complexity index is 920. The highest BCUT2D eigenvalue weighted by molar-refractivity contribution is 5.76. The van der Waals surface area contributed by atoms with Gasteiger partial charge in [-0.05, 0) is 55.7 Å². The van der Waals surface area contributed by atoms with Crippen LogP contribution in [0.3, 0.4) is 0 Å². The molecule has 0 N–H and O–H groups in total. The van der Waals surface area contributed by atoms with Crippen LogP contribution in [0.4, 0.5) is 0 Å².